The Kier molecular flexibility index (Phi) is 12.0. The first-order valence-corrected chi connectivity index (χ1v) is 16.5. The number of amides is 2. The van der Waals surface area contributed by atoms with E-state index in [0.29, 0.717) is 29.7 Å². The van der Waals surface area contributed by atoms with Gasteiger partial charge in [0, 0.05) is 49.7 Å². The van der Waals surface area contributed by atoms with Crippen LogP contribution in [0.4, 0.5) is 18.9 Å². The van der Waals surface area contributed by atoms with Gasteiger partial charge in [-0.1, -0.05) is 24.3 Å². The van der Waals surface area contributed by atoms with Gasteiger partial charge in [0.05, 0.1) is 33.6 Å². The second-order valence-electron chi connectivity index (χ2n) is 12.2. The molecule has 0 aliphatic rings. The summed E-state index contributed by atoms with van der Waals surface area (Å²) in [5.41, 5.74) is 2.56. The van der Waals surface area contributed by atoms with Gasteiger partial charge >= 0.3 is 18.1 Å². The summed E-state index contributed by atoms with van der Waals surface area (Å²) in [6.07, 6.45) is -0.414. The molecule has 0 atom stereocenters. The number of halogens is 3. The van der Waals surface area contributed by atoms with E-state index < -0.39 is 29.6 Å². The third-order valence-corrected chi connectivity index (χ3v) is 7.99. The molecule has 3 aromatic carbocycles. The van der Waals surface area contributed by atoms with Crippen molar-refractivity contribution in [1.29, 1.82) is 0 Å². The Hall–Kier alpha value is -6.37. The maximum Gasteiger partial charge on any atom is 0.416 e. The first-order chi connectivity index (χ1) is 25.3. The van der Waals surface area contributed by atoms with Crippen molar-refractivity contribution >= 4 is 29.4 Å². The molecule has 53 heavy (non-hydrogen) atoms. The van der Waals surface area contributed by atoms with Crippen LogP contribution < -0.4 is 10.1 Å². The predicted octanol–water partition coefficient (Wildman–Crippen LogP) is 7.71. The normalized spacial score (nSPS) is 11.1. The lowest BCUT2D eigenvalue weighted by atomic mass is 10.0. The number of anilines is 1. The lowest BCUT2D eigenvalue weighted by molar-refractivity contribution is -0.137. The number of hydrogen-bond donors (Lipinski definition) is 1. The van der Waals surface area contributed by atoms with Crippen molar-refractivity contribution in [2.75, 3.05) is 19.4 Å². The molecule has 0 bridgehead atoms. The van der Waals surface area contributed by atoms with Gasteiger partial charge in [-0.2, -0.15) is 13.2 Å². The second kappa shape index (κ2) is 16.8. The molecule has 2 amide bonds. The van der Waals surface area contributed by atoms with Crippen molar-refractivity contribution in [3.63, 3.8) is 0 Å². The fourth-order valence-corrected chi connectivity index (χ4v) is 5.23. The largest absolute Gasteiger partial charge is 0.457 e. The first kappa shape index (κ1) is 37.9. The molecule has 0 unspecified atom stereocenters. The summed E-state index contributed by atoms with van der Waals surface area (Å²) in [4.78, 5) is 61.5. The molecular formula is C40H35F3N4O6. The van der Waals surface area contributed by atoms with Gasteiger partial charge in [-0.15, -0.1) is 0 Å². The zero-order valence-electron chi connectivity index (χ0n) is 29.1. The van der Waals surface area contributed by atoms with Crippen molar-refractivity contribution in [1.82, 2.24) is 14.9 Å². The molecule has 0 radical (unpaired) electrons. The van der Waals surface area contributed by atoms with E-state index in [-0.39, 0.29) is 47.2 Å². The summed E-state index contributed by atoms with van der Waals surface area (Å²) in [6.45, 7) is 1.78. The number of aryl methyl sites for hydroxylation is 2. The second-order valence-corrected chi connectivity index (χ2v) is 12.2. The van der Waals surface area contributed by atoms with Crippen LogP contribution in [0.3, 0.4) is 0 Å². The highest BCUT2D eigenvalue weighted by Crippen LogP contribution is 2.32. The number of nitrogens with zero attached hydrogens (tertiary/aromatic N) is 3. The van der Waals surface area contributed by atoms with Crippen molar-refractivity contribution in [3.05, 3.63) is 142 Å². The topological polar surface area (TPSA) is 128 Å². The van der Waals surface area contributed by atoms with Crippen LogP contribution in [-0.4, -0.2) is 52.7 Å². The molecule has 10 nitrogen and oxygen atoms in total. The van der Waals surface area contributed by atoms with E-state index in [1.807, 2.05) is 0 Å². The molecule has 0 fully saturated rings. The highest BCUT2D eigenvalue weighted by molar-refractivity contribution is 6.11. The summed E-state index contributed by atoms with van der Waals surface area (Å²) in [5, 5.41) is 2.77. The Bertz CT molecular complexity index is 2100. The van der Waals surface area contributed by atoms with Gasteiger partial charge in [-0.3, -0.25) is 24.4 Å². The standard InChI is InChI=1S/C40H35F3N4O6/c1-25-9-19-32(36(45-25)28-11-15-30(16-12-28)40(41,42)43)37(49)46-34-20-10-26(22-33(34)38(50)47(2)3)6-4-8-35(48)53-31-17-13-29(14-18-31)39(51)52-24-27-7-5-21-44-23-27/h5,7,9-23H,4,6,8,24H2,1-3H3,(H,46,49). The van der Waals surface area contributed by atoms with Crippen molar-refractivity contribution in [2.24, 2.45) is 0 Å². The molecule has 0 aliphatic heterocycles. The van der Waals surface area contributed by atoms with Gasteiger partial charge in [0.2, 0.25) is 0 Å². The highest BCUT2D eigenvalue weighted by atomic mass is 19.4. The number of carbonyl (C=O) groups is 4. The number of esters is 2. The number of nitrogens with one attached hydrogen (secondary N) is 1. The molecule has 5 rings (SSSR count). The Labute approximate surface area is 303 Å². The van der Waals surface area contributed by atoms with Crippen molar-refractivity contribution < 1.29 is 41.8 Å². The van der Waals surface area contributed by atoms with E-state index in [2.05, 4.69) is 15.3 Å². The molecule has 0 aliphatic carbocycles. The fraction of sp³-hybridized carbons (Fsp3) is 0.200. The van der Waals surface area contributed by atoms with Crippen LogP contribution in [0.25, 0.3) is 11.3 Å². The average Bonchev–Trinajstić information content (AvgIpc) is 3.14. The molecule has 272 valence electrons. The van der Waals surface area contributed by atoms with Crippen molar-refractivity contribution in [2.45, 2.75) is 39.0 Å². The van der Waals surface area contributed by atoms with Gasteiger partial charge < -0.3 is 19.7 Å². The highest BCUT2D eigenvalue weighted by Gasteiger charge is 2.30. The molecule has 13 heteroatoms. The van der Waals surface area contributed by atoms with Crippen LogP contribution in [0.2, 0.25) is 0 Å². The average molecular weight is 725 g/mol. The lowest BCUT2D eigenvalue weighted by Gasteiger charge is -2.17. The number of alkyl halides is 3. The van der Waals surface area contributed by atoms with Crippen LogP contribution in [0.1, 0.15) is 66.3 Å². The lowest BCUT2D eigenvalue weighted by Crippen LogP contribution is -2.24. The summed E-state index contributed by atoms with van der Waals surface area (Å²) >= 11 is 0. The Morgan fingerprint density at radius 2 is 1.58 bits per heavy atom. The van der Waals surface area contributed by atoms with Crippen LogP contribution in [0.5, 0.6) is 5.75 Å². The summed E-state index contributed by atoms with van der Waals surface area (Å²) in [5.74, 6) is -1.73. The minimum Gasteiger partial charge on any atom is -0.457 e. The first-order valence-electron chi connectivity index (χ1n) is 16.5. The summed E-state index contributed by atoms with van der Waals surface area (Å²) in [6, 6.07) is 22.0. The maximum atomic E-state index is 13.6. The van der Waals surface area contributed by atoms with E-state index in [1.165, 1.54) is 47.4 Å². The SMILES string of the molecule is Cc1ccc(C(=O)Nc2ccc(CCCC(=O)Oc3ccc(C(=O)OCc4cccnc4)cc3)cc2C(=O)N(C)C)c(-c2ccc(C(F)(F)F)cc2)n1. The third-order valence-electron chi connectivity index (χ3n) is 7.99. The van der Waals surface area contributed by atoms with Crippen LogP contribution in [0, 0.1) is 6.92 Å². The zero-order valence-corrected chi connectivity index (χ0v) is 29.1. The fourth-order valence-electron chi connectivity index (χ4n) is 5.23. The van der Waals surface area contributed by atoms with Gasteiger partial charge in [0.1, 0.15) is 12.4 Å². The zero-order chi connectivity index (χ0) is 38.1. The van der Waals surface area contributed by atoms with Gasteiger partial charge in [-0.25, -0.2) is 4.79 Å². The Morgan fingerprint density at radius 3 is 2.25 bits per heavy atom. The van der Waals surface area contributed by atoms with Crippen molar-refractivity contribution in [3.8, 4) is 17.0 Å². The number of ether oxygens (including phenoxy) is 2. The van der Waals surface area contributed by atoms with E-state index in [4.69, 9.17) is 9.47 Å². The molecule has 0 spiro atoms. The molecule has 2 aromatic heterocycles. The molecule has 0 saturated heterocycles. The molecule has 5 aromatic rings. The molecule has 0 saturated carbocycles. The minimum atomic E-state index is -4.52. The summed E-state index contributed by atoms with van der Waals surface area (Å²) < 4.78 is 50.2. The number of carbonyl (C=O) groups excluding carboxylic acids is 4. The molecule has 2 heterocycles. The smallest absolute Gasteiger partial charge is 0.416 e. The van der Waals surface area contributed by atoms with Gasteiger partial charge in [0.25, 0.3) is 11.8 Å². The van der Waals surface area contributed by atoms with Gasteiger partial charge in [0.15, 0.2) is 0 Å². The maximum absolute atomic E-state index is 13.6. The third kappa shape index (κ3) is 10.1. The Morgan fingerprint density at radius 1 is 0.849 bits per heavy atom. The van der Waals surface area contributed by atoms with E-state index in [1.54, 1.807) is 69.8 Å². The molecular weight excluding hydrogens is 689 g/mol. The Balaban J connectivity index is 1.21. The molecule has 1 N–H and O–H groups in total. The van der Waals surface area contributed by atoms with Crippen LogP contribution in [-0.2, 0) is 28.7 Å². The summed E-state index contributed by atoms with van der Waals surface area (Å²) in [7, 11) is 3.14. The number of pyridine rings is 2. The predicted molar refractivity (Wildman–Crippen MR) is 190 cm³/mol. The number of rotatable bonds is 12. The minimum absolute atomic E-state index is 0.0670. The van der Waals surface area contributed by atoms with Crippen LogP contribution >= 0.6 is 0 Å². The van der Waals surface area contributed by atoms with E-state index >= 15 is 0 Å². The monoisotopic (exact) mass is 724 g/mol. The number of aromatic nitrogens is 2. The van der Waals surface area contributed by atoms with Gasteiger partial charge in [-0.05, 0) is 92.1 Å². The van der Waals surface area contributed by atoms with E-state index in [9.17, 15) is 32.3 Å². The van der Waals surface area contributed by atoms with Crippen LogP contribution in [0.15, 0.2) is 103 Å². The quantitative estimate of drug-likeness (QED) is 0.102. The number of hydrogen-bond acceptors (Lipinski definition) is 8. The van der Waals surface area contributed by atoms with E-state index in [0.717, 1.165) is 23.3 Å². The number of benzene rings is 3.